The second-order valence-corrected chi connectivity index (χ2v) is 6.56. The molecule has 0 unspecified atom stereocenters. The molecule has 0 amide bonds. The van der Waals surface area contributed by atoms with Crippen LogP contribution in [0.1, 0.15) is 19.4 Å². The fourth-order valence-electron chi connectivity index (χ4n) is 3.48. The quantitative estimate of drug-likeness (QED) is 0.481. The van der Waals surface area contributed by atoms with Crippen LogP contribution in [0.5, 0.6) is 5.75 Å². The minimum absolute atomic E-state index is 0.297. The maximum absolute atomic E-state index is 10.4. The van der Waals surface area contributed by atoms with E-state index in [1.807, 2.05) is 42.5 Å². The normalized spacial score (nSPS) is 12.3. The Hall–Kier alpha value is -2.58. The molecule has 0 aromatic heterocycles. The molecule has 2 nitrogen and oxygen atoms in total. The number of rotatable bonds is 1. The lowest BCUT2D eigenvalue weighted by Crippen LogP contribution is -2.15. The van der Waals surface area contributed by atoms with Gasteiger partial charge < -0.3 is 10.2 Å². The van der Waals surface area contributed by atoms with Gasteiger partial charge in [0.15, 0.2) is 0 Å². The molecule has 0 atom stereocenters. The van der Waals surface area contributed by atoms with E-state index in [9.17, 15) is 10.2 Å². The third-order valence-corrected chi connectivity index (χ3v) is 4.54. The molecule has 23 heavy (non-hydrogen) atoms. The lowest BCUT2D eigenvalue weighted by Gasteiger charge is -2.21. The summed E-state index contributed by atoms with van der Waals surface area (Å²) in [5.74, 6) is 0.297. The van der Waals surface area contributed by atoms with E-state index in [0.717, 1.165) is 37.9 Å². The number of fused-ring (bicyclic) bond motifs is 5. The molecule has 0 radical (unpaired) electrons. The molecule has 0 bridgehead atoms. The van der Waals surface area contributed by atoms with Gasteiger partial charge in [0, 0.05) is 5.39 Å². The average molecular weight is 302 g/mol. The van der Waals surface area contributed by atoms with E-state index in [1.54, 1.807) is 19.9 Å². The standard InChI is InChI=1S/C21H18O2/c1-21(2,23)18-7-4-6-14-15-10-9-13-5-3-8-19(22)20(13)17(15)12-11-16(14)18/h3-12,22-23H,1-2H3. The van der Waals surface area contributed by atoms with E-state index in [2.05, 4.69) is 12.1 Å². The highest BCUT2D eigenvalue weighted by Crippen LogP contribution is 2.37. The zero-order chi connectivity index (χ0) is 16.2. The van der Waals surface area contributed by atoms with Crippen molar-refractivity contribution in [2.45, 2.75) is 19.4 Å². The number of aromatic hydroxyl groups is 1. The number of hydrogen-bond acceptors (Lipinski definition) is 2. The molecule has 4 aromatic carbocycles. The van der Waals surface area contributed by atoms with Crippen LogP contribution >= 0.6 is 0 Å². The van der Waals surface area contributed by atoms with E-state index in [-0.39, 0.29) is 0 Å². The fourth-order valence-corrected chi connectivity index (χ4v) is 3.48. The summed E-state index contributed by atoms with van der Waals surface area (Å²) in [4.78, 5) is 0. The van der Waals surface area contributed by atoms with Crippen molar-refractivity contribution >= 4 is 32.3 Å². The van der Waals surface area contributed by atoms with Crippen molar-refractivity contribution in [3.05, 3.63) is 66.2 Å². The lowest BCUT2D eigenvalue weighted by atomic mass is 9.89. The van der Waals surface area contributed by atoms with Crippen molar-refractivity contribution < 1.29 is 10.2 Å². The Morgan fingerprint density at radius 1 is 0.696 bits per heavy atom. The second-order valence-electron chi connectivity index (χ2n) is 6.56. The van der Waals surface area contributed by atoms with Crippen molar-refractivity contribution in [3.63, 3.8) is 0 Å². The molecule has 0 aliphatic rings. The third kappa shape index (κ3) is 2.07. The van der Waals surface area contributed by atoms with E-state index in [0.29, 0.717) is 5.75 Å². The van der Waals surface area contributed by atoms with E-state index < -0.39 is 5.60 Å². The monoisotopic (exact) mass is 302 g/mol. The first-order valence-electron chi connectivity index (χ1n) is 7.76. The van der Waals surface area contributed by atoms with Crippen molar-refractivity contribution in [2.24, 2.45) is 0 Å². The van der Waals surface area contributed by atoms with Gasteiger partial charge in [-0.3, -0.25) is 0 Å². The molecular formula is C21H18O2. The topological polar surface area (TPSA) is 40.5 Å². The molecule has 0 fully saturated rings. The zero-order valence-corrected chi connectivity index (χ0v) is 13.2. The highest BCUT2D eigenvalue weighted by atomic mass is 16.3. The fraction of sp³-hybridized carbons (Fsp3) is 0.143. The van der Waals surface area contributed by atoms with Gasteiger partial charge in [0.25, 0.3) is 0 Å². The van der Waals surface area contributed by atoms with Gasteiger partial charge in [-0.25, -0.2) is 0 Å². The van der Waals surface area contributed by atoms with Crippen molar-refractivity contribution in [1.82, 2.24) is 0 Å². The molecule has 114 valence electrons. The average Bonchev–Trinajstić information content (AvgIpc) is 2.52. The van der Waals surface area contributed by atoms with Gasteiger partial charge in [-0.1, -0.05) is 54.6 Å². The third-order valence-electron chi connectivity index (χ3n) is 4.54. The largest absolute Gasteiger partial charge is 0.507 e. The van der Waals surface area contributed by atoms with Crippen LogP contribution in [-0.4, -0.2) is 10.2 Å². The van der Waals surface area contributed by atoms with E-state index in [1.165, 1.54) is 0 Å². The minimum atomic E-state index is -0.897. The Balaban J connectivity index is 2.21. The molecule has 2 heteroatoms. The Bertz CT molecular complexity index is 1060. The molecule has 4 aromatic rings. The molecular weight excluding hydrogens is 284 g/mol. The summed E-state index contributed by atoms with van der Waals surface area (Å²) in [6.45, 7) is 3.61. The summed E-state index contributed by atoms with van der Waals surface area (Å²) in [6.07, 6.45) is 0. The van der Waals surface area contributed by atoms with Crippen LogP contribution in [0.3, 0.4) is 0 Å². The smallest absolute Gasteiger partial charge is 0.124 e. The molecule has 2 N–H and O–H groups in total. The first kappa shape index (κ1) is 14.0. The number of phenols is 1. The van der Waals surface area contributed by atoms with Gasteiger partial charge in [0.1, 0.15) is 5.75 Å². The van der Waals surface area contributed by atoms with Gasteiger partial charge in [0.2, 0.25) is 0 Å². The Labute approximate surface area is 134 Å². The van der Waals surface area contributed by atoms with Crippen LogP contribution in [0.2, 0.25) is 0 Å². The second kappa shape index (κ2) is 4.71. The summed E-state index contributed by atoms with van der Waals surface area (Å²) in [5, 5.41) is 26.9. The molecule has 0 spiro atoms. The number of hydrogen-bond donors (Lipinski definition) is 2. The van der Waals surface area contributed by atoms with Crippen LogP contribution in [0.25, 0.3) is 32.3 Å². The SMILES string of the molecule is CC(C)(O)c1cccc2c1ccc1c2ccc2cccc(O)c21. The maximum Gasteiger partial charge on any atom is 0.124 e. The van der Waals surface area contributed by atoms with Gasteiger partial charge >= 0.3 is 0 Å². The van der Waals surface area contributed by atoms with Crippen LogP contribution in [-0.2, 0) is 5.60 Å². The van der Waals surface area contributed by atoms with Crippen LogP contribution in [0.4, 0.5) is 0 Å². The predicted octanol–water partition coefficient (Wildman–Crippen LogP) is 5.08. The molecule has 4 rings (SSSR count). The summed E-state index contributed by atoms with van der Waals surface area (Å²) in [5.41, 5.74) is 0.0147. The molecule has 0 saturated heterocycles. The first-order chi connectivity index (χ1) is 11.0. The van der Waals surface area contributed by atoms with Gasteiger partial charge in [-0.2, -0.15) is 0 Å². The summed E-state index contributed by atoms with van der Waals surface area (Å²) >= 11 is 0. The van der Waals surface area contributed by atoms with Crippen LogP contribution < -0.4 is 0 Å². The highest BCUT2D eigenvalue weighted by molar-refractivity contribution is 6.19. The van der Waals surface area contributed by atoms with Crippen molar-refractivity contribution in [1.29, 1.82) is 0 Å². The van der Waals surface area contributed by atoms with Gasteiger partial charge in [0.05, 0.1) is 5.60 Å². The lowest BCUT2D eigenvalue weighted by molar-refractivity contribution is 0.0802. The molecule has 0 heterocycles. The Morgan fingerprint density at radius 2 is 1.35 bits per heavy atom. The molecule has 0 aliphatic carbocycles. The number of phenolic OH excluding ortho intramolecular Hbond substituents is 1. The summed E-state index contributed by atoms with van der Waals surface area (Å²) < 4.78 is 0. The Morgan fingerprint density at radius 3 is 2.13 bits per heavy atom. The minimum Gasteiger partial charge on any atom is -0.507 e. The van der Waals surface area contributed by atoms with Crippen molar-refractivity contribution in [2.75, 3.05) is 0 Å². The van der Waals surface area contributed by atoms with Gasteiger partial charge in [-0.15, -0.1) is 0 Å². The van der Waals surface area contributed by atoms with Crippen LogP contribution in [0.15, 0.2) is 60.7 Å². The highest BCUT2D eigenvalue weighted by Gasteiger charge is 2.19. The van der Waals surface area contributed by atoms with E-state index >= 15 is 0 Å². The zero-order valence-electron chi connectivity index (χ0n) is 13.2. The van der Waals surface area contributed by atoms with Gasteiger partial charge in [-0.05, 0) is 52.4 Å². The molecule has 0 aliphatic heterocycles. The van der Waals surface area contributed by atoms with Crippen molar-refractivity contribution in [3.8, 4) is 5.75 Å². The molecule has 0 saturated carbocycles. The Kier molecular flexibility index (Phi) is 2.87. The van der Waals surface area contributed by atoms with E-state index in [4.69, 9.17) is 0 Å². The first-order valence-corrected chi connectivity index (χ1v) is 7.76. The number of aliphatic hydroxyl groups is 1. The summed E-state index contributed by atoms with van der Waals surface area (Å²) in [6, 6.07) is 19.8. The summed E-state index contributed by atoms with van der Waals surface area (Å²) in [7, 11) is 0. The number of benzene rings is 4. The maximum atomic E-state index is 10.4. The van der Waals surface area contributed by atoms with Crippen LogP contribution in [0, 0.1) is 0 Å². The predicted molar refractivity (Wildman–Crippen MR) is 95.9 cm³/mol.